The lowest BCUT2D eigenvalue weighted by Crippen LogP contribution is -2.44. The highest BCUT2D eigenvalue weighted by molar-refractivity contribution is 6.37. The summed E-state index contributed by atoms with van der Waals surface area (Å²) in [6.45, 7) is 1.52. The number of nitrogens with zero attached hydrogens (tertiary/aromatic N) is 1. The number of fused-ring (bicyclic) bond motifs is 1. The molecule has 0 radical (unpaired) electrons. The van der Waals surface area contributed by atoms with Gasteiger partial charge in [-0.15, -0.1) is 0 Å². The predicted octanol–water partition coefficient (Wildman–Crippen LogP) is 3.48. The summed E-state index contributed by atoms with van der Waals surface area (Å²) in [6.07, 6.45) is 3.30. The van der Waals surface area contributed by atoms with Crippen molar-refractivity contribution in [2.45, 2.75) is 38.6 Å². The number of ether oxygens (including phenoxy) is 2. The molecule has 6 nitrogen and oxygen atoms in total. The van der Waals surface area contributed by atoms with Crippen molar-refractivity contribution < 1.29 is 23.9 Å². The minimum atomic E-state index is -0.945. The second-order valence-corrected chi connectivity index (χ2v) is 7.60. The second kappa shape index (κ2) is 8.48. The molecule has 2 aliphatic rings. The van der Waals surface area contributed by atoms with Crippen LogP contribution in [-0.2, 0) is 19.1 Å². The molecule has 27 heavy (non-hydrogen) atoms. The number of carbonyl (C=O) groups is 3. The van der Waals surface area contributed by atoms with Gasteiger partial charge in [0.05, 0.1) is 21.9 Å². The van der Waals surface area contributed by atoms with E-state index in [9.17, 15) is 14.4 Å². The fraction of sp³-hybridized carbons (Fsp3) is 0.526. The maximum Gasteiger partial charge on any atom is 0.329 e. The Hall–Kier alpha value is -1.79. The number of hydrogen-bond donors (Lipinski definition) is 0. The lowest BCUT2D eigenvalue weighted by atomic mass is 9.81. The van der Waals surface area contributed by atoms with Crippen LogP contribution in [0.1, 0.15) is 32.6 Å². The Morgan fingerprint density at radius 3 is 2.22 bits per heavy atom. The molecule has 0 N–H and O–H groups in total. The largest absolute Gasteiger partial charge is 0.487 e. The summed E-state index contributed by atoms with van der Waals surface area (Å²) in [6, 6.07) is 4.03. The highest BCUT2D eigenvalue weighted by Gasteiger charge is 2.51. The van der Waals surface area contributed by atoms with Gasteiger partial charge in [0.25, 0.3) is 0 Å². The van der Waals surface area contributed by atoms with Gasteiger partial charge in [-0.25, -0.2) is 4.79 Å². The minimum Gasteiger partial charge on any atom is -0.487 e. The average molecular weight is 414 g/mol. The molecule has 146 valence electrons. The first-order chi connectivity index (χ1) is 12.9. The van der Waals surface area contributed by atoms with E-state index in [-0.39, 0.29) is 36.9 Å². The molecule has 0 bridgehead atoms. The van der Waals surface area contributed by atoms with Crippen molar-refractivity contribution in [2.75, 3.05) is 13.2 Å². The van der Waals surface area contributed by atoms with Crippen LogP contribution in [-0.4, -0.2) is 41.9 Å². The van der Waals surface area contributed by atoms with Crippen LogP contribution in [0.5, 0.6) is 5.75 Å². The van der Waals surface area contributed by atoms with Gasteiger partial charge in [-0.3, -0.25) is 14.5 Å². The number of imide groups is 1. The van der Waals surface area contributed by atoms with E-state index in [0.29, 0.717) is 28.6 Å². The standard InChI is InChI=1S/C19H21Cl2NO5/c1-11(22-17(23)12-5-2-3-6-13(12)18(22)24)19(25)27-10-9-26-16-14(20)7-4-8-15(16)21/h4,7-8,11-13H,2-3,5-6,9-10H2,1H3/t11-,12?,13?/m0/s1. The highest BCUT2D eigenvalue weighted by atomic mass is 35.5. The number of esters is 1. The molecule has 1 saturated carbocycles. The SMILES string of the molecule is C[C@@H](C(=O)OCCOc1c(Cl)cccc1Cl)N1C(=O)C2CCCCC2C1=O. The lowest BCUT2D eigenvalue weighted by molar-refractivity contribution is -0.158. The van der Waals surface area contributed by atoms with Gasteiger partial charge in [0.2, 0.25) is 11.8 Å². The number of benzene rings is 1. The van der Waals surface area contributed by atoms with Crippen molar-refractivity contribution in [1.29, 1.82) is 0 Å². The molecule has 2 amide bonds. The van der Waals surface area contributed by atoms with Crippen molar-refractivity contribution in [3.8, 4) is 5.75 Å². The van der Waals surface area contributed by atoms with Crippen molar-refractivity contribution in [1.82, 2.24) is 4.90 Å². The third kappa shape index (κ3) is 4.06. The number of para-hydroxylation sites is 1. The number of halogens is 2. The molecule has 2 fully saturated rings. The van der Waals surface area contributed by atoms with E-state index in [1.54, 1.807) is 18.2 Å². The van der Waals surface area contributed by atoms with E-state index in [4.69, 9.17) is 32.7 Å². The van der Waals surface area contributed by atoms with Crippen LogP contribution in [0.3, 0.4) is 0 Å². The zero-order chi connectivity index (χ0) is 19.6. The van der Waals surface area contributed by atoms with E-state index in [0.717, 1.165) is 17.7 Å². The van der Waals surface area contributed by atoms with Crippen LogP contribution < -0.4 is 4.74 Å². The first-order valence-corrected chi connectivity index (χ1v) is 9.77. The Morgan fingerprint density at radius 2 is 1.67 bits per heavy atom. The van der Waals surface area contributed by atoms with Gasteiger partial charge in [0.15, 0.2) is 5.75 Å². The van der Waals surface area contributed by atoms with Gasteiger partial charge in [-0.2, -0.15) is 0 Å². The normalized spacial score (nSPS) is 23.1. The van der Waals surface area contributed by atoms with Crippen LogP contribution in [0.15, 0.2) is 18.2 Å². The summed E-state index contributed by atoms with van der Waals surface area (Å²) in [5.74, 6) is -1.40. The fourth-order valence-corrected chi connectivity index (χ4v) is 4.21. The molecular formula is C19H21Cl2NO5. The predicted molar refractivity (Wildman–Crippen MR) is 99.7 cm³/mol. The lowest BCUT2D eigenvalue weighted by Gasteiger charge is -2.21. The van der Waals surface area contributed by atoms with E-state index in [2.05, 4.69) is 0 Å². The van der Waals surface area contributed by atoms with Crippen molar-refractivity contribution in [3.63, 3.8) is 0 Å². The summed E-state index contributed by atoms with van der Waals surface area (Å²) in [4.78, 5) is 38.4. The van der Waals surface area contributed by atoms with Crippen molar-refractivity contribution in [3.05, 3.63) is 28.2 Å². The Balaban J connectivity index is 1.52. The molecule has 2 unspecified atom stereocenters. The third-order valence-electron chi connectivity index (χ3n) is 5.10. The Morgan fingerprint density at radius 1 is 1.11 bits per heavy atom. The zero-order valence-electron chi connectivity index (χ0n) is 15.0. The number of amides is 2. The summed E-state index contributed by atoms with van der Waals surface area (Å²) in [7, 11) is 0. The van der Waals surface area contributed by atoms with Gasteiger partial charge >= 0.3 is 5.97 Å². The minimum absolute atomic E-state index is 0.0478. The van der Waals surface area contributed by atoms with E-state index in [1.807, 2.05) is 0 Å². The maximum absolute atomic E-state index is 12.5. The number of rotatable bonds is 6. The smallest absolute Gasteiger partial charge is 0.329 e. The van der Waals surface area contributed by atoms with Crippen LogP contribution in [0.2, 0.25) is 10.0 Å². The molecular weight excluding hydrogens is 393 g/mol. The molecule has 1 aromatic carbocycles. The molecule has 1 aliphatic carbocycles. The van der Waals surface area contributed by atoms with Crippen molar-refractivity contribution in [2.24, 2.45) is 11.8 Å². The third-order valence-corrected chi connectivity index (χ3v) is 5.69. The summed E-state index contributed by atoms with van der Waals surface area (Å²) < 4.78 is 10.6. The Bertz CT molecular complexity index is 709. The van der Waals surface area contributed by atoms with E-state index in [1.165, 1.54) is 6.92 Å². The second-order valence-electron chi connectivity index (χ2n) is 6.79. The molecule has 1 aromatic rings. The van der Waals surface area contributed by atoms with E-state index >= 15 is 0 Å². The summed E-state index contributed by atoms with van der Waals surface area (Å²) >= 11 is 12.0. The van der Waals surface area contributed by atoms with Gasteiger partial charge in [0.1, 0.15) is 19.3 Å². The first kappa shape index (κ1) is 20.0. The van der Waals surface area contributed by atoms with Crippen LogP contribution in [0.4, 0.5) is 0 Å². The highest BCUT2D eigenvalue weighted by Crippen LogP contribution is 2.39. The molecule has 3 atom stereocenters. The Labute approximate surface area is 167 Å². The molecule has 3 rings (SSSR count). The maximum atomic E-state index is 12.5. The topological polar surface area (TPSA) is 72.9 Å². The van der Waals surface area contributed by atoms with E-state index < -0.39 is 12.0 Å². The van der Waals surface area contributed by atoms with Gasteiger partial charge < -0.3 is 9.47 Å². The van der Waals surface area contributed by atoms with Gasteiger partial charge in [-0.1, -0.05) is 42.1 Å². The summed E-state index contributed by atoms with van der Waals surface area (Å²) in [5.41, 5.74) is 0. The monoisotopic (exact) mass is 413 g/mol. The molecule has 8 heteroatoms. The molecule has 0 spiro atoms. The molecule has 1 aliphatic heterocycles. The summed E-state index contributed by atoms with van der Waals surface area (Å²) in [5, 5.41) is 0.719. The Kier molecular flexibility index (Phi) is 6.27. The number of likely N-dealkylation sites (tertiary alicyclic amines) is 1. The van der Waals surface area contributed by atoms with Gasteiger partial charge in [-0.05, 0) is 31.9 Å². The fourth-order valence-electron chi connectivity index (χ4n) is 3.70. The van der Waals surface area contributed by atoms with Gasteiger partial charge in [0, 0.05) is 0 Å². The zero-order valence-corrected chi connectivity index (χ0v) is 16.5. The quantitative estimate of drug-likeness (QED) is 0.405. The average Bonchev–Trinajstić information content (AvgIpc) is 2.91. The van der Waals surface area contributed by atoms with Crippen LogP contribution >= 0.6 is 23.2 Å². The number of hydrogen-bond acceptors (Lipinski definition) is 5. The van der Waals surface area contributed by atoms with Crippen LogP contribution in [0, 0.1) is 11.8 Å². The molecule has 1 saturated heterocycles. The molecule has 1 heterocycles. The first-order valence-electron chi connectivity index (χ1n) is 9.02. The van der Waals surface area contributed by atoms with Crippen molar-refractivity contribution >= 4 is 41.0 Å². The molecule has 0 aromatic heterocycles. The van der Waals surface area contributed by atoms with Crippen LogP contribution in [0.25, 0.3) is 0 Å². The number of carbonyl (C=O) groups excluding carboxylic acids is 3.